The van der Waals surface area contributed by atoms with Gasteiger partial charge in [0, 0.05) is 10.0 Å². The van der Waals surface area contributed by atoms with Gasteiger partial charge in [0.15, 0.2) is 6.29 Å². The number of nitrogens with zero attached hydrogens (tertiary/aromatic N) is 1. The van der Waals surface area contributed by atoms with Gasteiger partial charge in [0.25, 0.3) is 0 Å². The van der Waals surface area contributed by atoms with E-state index in [1.165, 1.54) is 12.1 Å². The highest BCUT2D eigenvalue weighted by Gasteiger charge is 2.17. The van der Waals surface area contributed by atoms with Crippen LogP contribution in [0.5, 0.6) is 0 Å². The predicted octanol–water partition coefficient (Wildman–Crippen LogP) is 1.83. The highest BCUT2D eigenvalue weighted by Crippen LogP contribution is 2.22. The third-order valence-corrected chi connectivity index (χ3v) is 2.31. The molecule has 70 valence electrons. The third kappa shape index (κ3) is 1.65. The molecule has 1 N–H and O–H groups in total. The first-order valence-corrected chi connectivity index (χ1v) is 4.32. The quantitative estimate of drug-likeness (QED) is 0.816. The van der Waals surface area contributed by atoms with Crippen LogP contribution in [0.4, 0.5) is 0 Å². The molecule has 0 aliphatic carbocycles. The van der Waals surface area contributed by atoms with Crippen molar-refractivity contribution in [3.8, 4) is 6.07 Å². The van der Waals surface area contributed by atoms with Crippen LogP contribution in [-0.4, -0.2) is 17.4 Å². The Morgan fingerprint density at radius 2 is 2.21 bits per heavy atom. The number of carboxylic acids is 1. The van der Waals surface area contributed by atoms with Gasteiger partial charge in [-0.05, 0) is 28.1 Å². The molecule has 0 atom stereocenters. The molecule has 0 unspecified atom stereocenters. The summed E-state index contributed by atoms with van der Waals surface area (Å²) in [7, 11) is 0. The Labute approximate surface area is 87.9 Å². The average molecular weight is 254 g/mol. The third-order valence-electron chi connectivity index (χ3n) is 1.65. The second-order valence-corrected chi connectivity index (χ2v) is 3.27. The van der Waals surface area contributed by atoms with E-state index in [1.807, 2.05) is 0 Å². The molecule has 0 aliphatic heterocycles. The minimum absolute atomic E-state index is 0.0561. The van der Waals surface area contributed by atoms with E-state index >= 15 is 0 Å². The molecule has 0 spiro atoms. The van der Waals surface area contributed by atoms with E-state index in [0.29, 0.717) is 6.29 Å². The lowest BCUT2D eigenvalue weighted by atomic mass is 10.0. The Bertz CT molecular complexity index is 448. The number of aromatic carboxylic acids is 1. The van der Waals surface area contributed by atoms with Gasteiger partial charge in [-0.2, -0.15) is 5.26 Å². The van der Waals surface area contributed by atoms with E-state index in [0.717, 1.165) is 0 Å². The van der Waals surface area contributed by atoms with Crippen LogP contribution in [0, 0.1) is 11.3 Å². The van der Waals surface area contributed by atoms with Gasteiger partial charge in [-0.1, -0.05) is 0 Å². The number of carboxylic acid groups (broad SMARTS) is 1. The van der Waals surface area contributed by atoms with Gasteiger partial charge >= 0.3 is 5.97 Å². The van der Waals surface area contributed by atoms with E-state index in [1.54, 1.807) is 6.07 Å². The summed E-state index contributed by atoms with van der Waals surface area (Å²) < 4.78 is 0.283. The summed E-state index contributed by atoms with van der Waals surface area (Å²) in [5.74, 6) is -1.24. The standard InChI is InChI=1S/C9H4BrNO3/c10-7-2-1-5(3-11)6(4-12)8(7)9(13)14/h1-2,4H,(H,13,14). The van der Waals surface area contributed by atoms with Crippen LogP contribution in [0.2, 0.25) is 0 Å². The second kappa shape index (κ2) is 4.03. The molecule has 5 heteroatoms. The van der Waals surface area contributed by atoms with Crippen molar-refractivity contribution < 1.29 is 14.7 Å². The molecule has 0 amide bonds. The zero-order valence-corrected chi connectivity index (χ0v) is 8.41. The number of carbonyl (C=O) groups excluding carboxylic acids is 1. The highest BCUT2D eigenvalue weighted by molar-refractivity contribution is 9.10. The molecule has 0 radical (unpaired) electrons. The molecule has 1 rings (SSSR count). The van der Waals surface area contributed by atoms with Gasteiger partial charge < -0.3 is 5.11 Å². The van der Waals surface area contributed by atoms with Gasteiger partial charge in [0.1, 0.15) is 0 Å². The lowest BCUT2D eigenvalue weighted by Gasteiger charge is -2.03. The Balaban J connectivity index is 3.61. The summed E-state index contributed by atoms with van der Waals surface area (Å²) in [5, 5.41) is 17.4. The number of benzene rings is 1. The van der Waals surface area contributed by atoms with Crippen LogP contribution in [0.25, 0.3) is 0 Å². The monoisotopic (exact) mass is 253 g/mol. The number of hydrogen-bond acceptors (Lipinski definition) is 3. The summed E-state index contributed by atoms with van der Waals surface area (Å²) >= 11 is 3.00. The number of aldehydes is 1. The smallest absolute Gasteiger partial charge is 0.337 e. The first-order valence-electron chi connectivity index (χ1n) is 3.53. The zero-order chi connectivity index (χ0) is 10.7. The van der Waals surface area contributed by atoms with Crippen LogP contribution in [0.3, 0.4) is 0 Å². The Morgan fingerprint density at radius 3 is 2.64 bits per heavy atom. The van der Waals surface area contributed by atoms with Gasteiger partial charge in [0.05, 0.1) is 17.2 Å². The SMILES string of the molecule is N#Cc1ccc(Br)c(C(=O)O)c1C=O. The Kier molecular flexibility index (Phi) is 2.99. The minimum Gasteiger partial charge on any atom is -0.478 e. The van der Waals surface area contributed by atoms with Gasteiger partial charge in [-0.15, -0.1) is 0 Å². The Hall–Kier alpha value is -1.67. The fourth-order valence-corrected chi connectivity index (χ4v) is 1.55. The lowest BCUT2D eigenvalue weighted by molar-refractivity contribution is 0.0693. The molecule has 0 heterocycles. The fraction of sp³-hybridized carbons (Fsp3) is 0. The van der Waals surface area contributed by atoms with Crippen molar-refractivity contribution in [2.45, 2.75) is 0 Å². The number of carbonyl (C=O) groups is 2. The maximum atomic E-state index is 10.8. The summed E-state index contributed by atoms with van der Waals surface area (Å²) in [5.41, 5.74) is -0.228. The molecular formula is C9H4BrNO3. The zero-order valence-electron chi connectivity index (χ0n) is 6.82. The Morgan fingerprint density at radius 1 is 1.57 bits per heavy atom. The number of halogens is 1. The van der Waals surface area contributed by atoms with Gasteiger partial charge in [0.2, 0.25) is 0 Å². The van der Waals surface area contributed by atoms with Gasteiger partial charge in [-0.25, -0.2) is 4.79 Å². The van der Waals surface area contributed by atoms with Crippen LogP contribution >= 0.6 is 15.9 Å². The molecule has 14 heavy (non-hydrogen) atoms. The minimum atomic E-state index is -1.24. The van der Waals surface area contributed by atoms with Crippen molar-refractivity contribution in [2.75, 3.05) is 0 Å². The van der Waals surface area contributed by atoms with Crippen molar-refractivity contribution in [1.82, 2.24) is 0 Å². The fourth-order valence-electron chi connectivity index (χ4n) is 1.03. The number of hydrogen-bond donors (Lipinski definition) is 1. The molecule has 4 nitrogen and oxygen atoms in total. The van der Waals surface area contributed by atoms with Crippen molar-refractivity contribution in [1.29, 1.82) is 5.26 Å². The molecule has 0 fully saturated rings. The predicted molar refractivity (Wildman–Crippen MR) is 51.2 cm³/mol. The molecule has 0 aliphatic rings. The van der Waals surface area contributed by atoms with E-state index in [2.05, 4.69) is 15.9 Å². The molecule has 0 aromatic heterocycles. The summed E-state index contributed by atoms with van der Waals surface area (Å²) in [4.78, 5) is 21.4. The van der Waals surface area contributed by atoms with Crippen molar-refractivity contribution in [3.63, 3.8) is 0 Å². The van der Waals surface area contributed by atoms with Crippen molar-refractivity contribution in [2.24, 2.45) is 0 Å². The van der Waals surface area contributed by atoms with E-state index < -0.39 is 5.97 Å². The number of nitriles is 1. The first kappa shape index (κ1) is 10.4. The maximum Gasteiger partial charge on any atom is 0.337 e. The van der Waals surface area contributed by atoms with Gasteiger partial charge in [-0.3, -0.25) is 4.79 Å². The van der Waals surface area contributed by atoms with Crippen molar-refractivity contribution >= 4 is 28.2 Å². The molecule has 0 saturated carbocycles. The largest absolute Gasteiger partial charge is 0.478 e. The van der Waals surface area contributed by atoms with Crippen molar-refractivity contribution in [3.05, 3.63) is 33.3 Å². The topological polar surface area (TPSA) is 78.2 Å². The summed E-state index contributed by atoms with van der Waals surface area (Å²) in [6, 6.07) is 4.57. The second-order valence-electron chi connectivity index (χ2n) is 2.42. The van der Waals surface area contributed by atoms with Crippen LogP contribution in [0.1, 0.15) is 26.3 Å². The molecule has 1 aromatic rings. The average Bonchev–Trinajstić information content (AvgIpc) is 2.16. The van der Waals surface area contributed by atoms with E-state index in [9.17, 15) is 9.59 Å². The normalized spacial score (nSPS) is 9.14. The first-order chi connectivity index (χ1) is 6.61. The summed E-state index contributed by atoms with van der Waals surface area (Å²) in [6.07, 6.45) is 0.368. The summed E-state index contributed by atoms with van der Waals surface area (Å²) in [6.45, 7) is 0. The highest BCUT2D eigenvalue weighted by atomic mass is 79.9. The molecule has 0 bridgehead atoms. The molecular weight excluding hydrogens is 250 g/mol. The van der Waals surface area contributed by atoms with E-state index in [4.69, 9.17) is 10.4 Å². The van der Waals surface area contributed by atoms with E-state index in [-0.39, 0.29) is 21.2 Å². The molecule has 0 saturated heterocycles. The van der Waals surface area contributed by atoms with Crippen LogP contribution in [0.15, 0.2) is 16.6 Å². The van der Waals surface area contributed by atoms with Crippen LogP contribution in [-0.2, 0) is 0 Å². The number of rotatable bonds is 2. The lowest BCUT2D eigenvalue weighted by Crippen LogP contribution is -2.05. The maximum absolute atomic E-state index is 10.8. The van der Waals surface area contributed by atoms with Crippen LogP contribution < -0.4 is 0 Å². The molecule has 1 aromatic carbocycles.